The number of esters is 1. The van der Waals surface area contributed by atoms with Crippen molar-refractivity contribution in [1.82, 2.24) is 5.01 Å². The van der Waals surface area contributed by atoms with Gasteiger partial charge < -0.3 is 14.8 Å². The third-order valence-electron chi connectivity index (χ3n) is 5.74. The third kappa shape index (κ3) is 7.29. The summed E-state index contributed by atoms with van der Waals surface area (Å²) in [5, 5.41) is 7.03. The van der Waals surface area contributed by atoms with Crippen LogP contribution in [0, 0.1) is 5.41 Å². The second-order valence-electron chi connectivity index (χ2n) is 8.37. The normalized spacial score (nSPS) is 17.6. The van der Waals surface area contributed by atoms with Crippen LogP contribution in [0.3, 0.4) is 0 Å². The molecule has 0 aromatic heterocycles. The molecule has 0 spiro atoms. The Morgan fingerprint density at radius 3 is 2.33 bits per heavy atom. The van der Waals surface area contributed by atoms with Crippen molar-refractivity contribution in [3.8, 4) is 5.75 Å². The van der Waals surface area contributed by atoms with E-state index in [1.165, 1.54) is 23.9 Å². The molecule has 39 heavy (non-hydrogen) atoms. The maximum absolute atomic E-state index is 13.3. The standard InChI is InChI=1S/C24H22ClF6N3O4S/c1-37-20(35)22(10-3-11-39-2)13-34(21(36)32-15-5-7-16(8-6-15)38-24(29,30)31)33-19(22)14-4-9-17(18(25)12-14)23(26,27)28/h4-9,12H,3,10-11,13H2,1-2H3,(H,32,36). The minimum atomic E-state index is -4.89. The first-order chi connectivity index (χ1) is 18.2. The number of halogens is 7. The average Bonchev–Trinajstić information content (AvgIpc) is 3.24. The molecular formula is C24H22ClF6N3O4S. The van der Waals surface area contributed by atoms with Gasteiger partial charge in [-0.3, -0.25) is 4.79 Å². The lowest BCUT2D eigenvalue weighted by atomic mass is 9.76. The van der Waals surface area contributed by atoms with Crippen LogP contribution in [0.2, 0.25) is 5.02 Å². The molecule has 1 atom stereocenters. The summed E-state index contributed by atoms with van der Waals surface area (Å²) < 4.78 is 85.8. The van der Waals surface area contributed by atoms with Gasteiger partial charge in [0.1, 0.15) is 11.2 Å². The lowest BCUT2D eigenvalue weighted by molar-refractivity contribution is -0.274. The number of alkyl halides is 6. The van der Waals surface area contributed by atoms with Crippen LogP contribution in [0.25, 0.3) is 0 Å². The number of nitrogens with one attached hydrogen (secondary N) is 1. The lowest BCUT2D eigenvalue weighted by Gasteiger charge is -2.28. The van der Waals surface area contributed by atoms with E-state index in [4.69, 9.17) is 16.3 Å². The fourth-order valence-electron chi connectivity index (χ4n) is 4.03. The van der Waals surface area contributed by atoms with Crippen LogP contribution >= 0.6 is 23.4 Å². The van der Waals surface area contributed by atoms with Crippen LogP contribution in [0.15, 0.2) is 47.6 Å². The molecule has 1 heterocycles. The Bertz CT molecular complexity index is 1240. The number of methoxy groups -OCH3 is 1. The second-order valence-corrected chi connectivity index (χ2v) is 9.76. The molecule has 2 aromatic carbocycles. The minimum Gasteiger partial charge on any atom is -0.468 e. The summed E-state index contributed by atoms with van der Waals surface area (Å²) in [5.41, 5.74) is -2.41. The third-order valence-corrected chi connectivity index (χ3v) is 6.75. The summed E-state index contributed by atoms with van der Waals surface area (Å²) in [6.45, 7) is -0.302. The Hall–Kier alpha value is -3.13. The Morgan fingerprint density at radius 1 is 1.13 bits per heavy atom. The highest BCUT2D eigenvalue weighted by Gasteiger charge is 2.52. The Balaban J connectivity index is 1.96. The first-order valence-electron chi connectivity index (χ1n) is 11.2. The molecule has 1 aliphatic heterocycles. The van der Waals surface area contributed by atoms with Gasteiger partial charge in [-0.05, 0) is 61.2 Å². The molecule has 0 radical (unpaired) electrons. The summed E-state index contributed by atoms with van der Waals surface area (Å²) in [4.78, 5) is 26.2. The molecule has 0 bridgehead atoms. The number of benzene rings is 2. The SMILES string of the molecule is COC(=O)C1(CCCSC)CN(C(=O)Nc2ccc(OC(F)(F)F)cc2)N=C1c1ccc(C(F)(F)F)c(Cl)c1. The van der Waals surface area contributed by atoms with Crippen LogP contribution in [-0.2, 0) is 15.7 Å². The number of anilines is 1. The highest BCUT2D eigenvalue weighted by atomic mass is 35.5. The first kappa shape index (κ1) is 30.4. The van der Waals surface area contributed by atoms with Crippen LogP contribution in [0.4, 0.5) is 36.8 Å². The Morgan fingerprint density at radius 2 is 1.79 bits per heavy atom. The number of hydrogen-bond acceptors (Lipinski definition) is 6. The van der Waals surface area contributed by atoms with Gasteiger partial charge >= 0.3 is 24.5 Å². The number of hydrazone groups is 1. The van der Waals surface area contributed by atoms with E-state index in [1.807, 2.05) is 6.26 Å². The second kappa shape index (κ2) is 11.9. The van der Waals surface area contributed by atoms with Gasteiger partial charge in [-0.25, -0.2) is 9.80 Å². The number of ether oxygens (including phenoxy) is 2. The zero-order valence-corrected chi connectivity index (χ0v) is 22.0. The summed E-state index contributed by atoms with van der Waals surface area (Å²) in [6.07, 6.45) is -7.10. The predicted molar refractivity (Wildman–Crippen MR) is 134 cm³/mol. The Labute approximate surface area is 228 Å². The smallest absolute Gasteiger partial charge is 0.468 e. The highest BCUT2D eigenvalue weighted by molar-refractivity contribution is 7.98. The van der Waals surface area contributed by atoms with Crippen molar-refractivity contribution in [3.63, 3.8) is 0 Å². The van der Waals surface area contributed by atoms with Gasteiger partial charge in [-0.2, -0.15) is 30.0 Å². The molecule has 1 aliphatic rings. The predicted octanol–water partition coefficient (Wildman–Crippen LogP) is 6.81. The lowest BCUT2D eigenvalue weighted by Crippen LogP contribution is -2.44. The van der Waals surface area contributed by atoms with Crippen LogP contribution in [-0.4, -0.2) is 54.7 Å². The maximum atomic E-state index is 13.3. The van der Waals surface area contributed by atoms with E-state index in [9.17, 15) is 35.9 Å². The first-order valence-corrected chi connectivity index (χ1v) is 13.0. The van der Waals surface area contributed by atoms with Gasteiger partial charge in [-0.15, -0.1) is 13.2 Å². The number of hydrogen-bond donors (Lipinski definition) is 1. The molecule has 2 aromatic rings. The Kier molecular flexibility index (Phi) is 9.31. The van der Waals surface area contributed by atoms with Crippen molar-refractivity contribution < 1.29 is 45.4 Å². The van der Waals surface area contributed by atoms with E-state index >= 15 is 0 Å². The number of rotatable bonds is 8. The zero-order valence-electron chi connectivity index (χ0n) is 20.5. The maximum Gasteiger partial charge on any atom is 0.573 e. The fourth-order valence-corrected chi connectivity index (χ4v) is 4.75. The molecule has 0 saturated carbocycles. The number of thioether (sulfide) groups is 1. The number of carbonyl (C=O) groups is 2. The summed E-state index contributed by atoms with van der Waals surface area (Å²) in [5.74, 6) is -0.611. The van der Waals surface area contributed by atoms with Crippen molar-refractivity contribution in [3.05, 3.63) is 58.6 Å². The van der Waals surface area contributed by atoms with Gasteiger partial charge in [-0.1, -0.05) is 17.7 Å². The van der Waals surface area contributed by atoms with Gasteiger partial charge in [0, 0.05) is 11.3 Å². The van der Waals surface area contributed by atoms with Crippen LogP contribution < -0.4 is 10.1 Å². The number of amides is 2. The van der Waals surface area contributed by atoms with Crippen molar-refractivity contribution in [2.75, 3.05) is 31.0 Å². The van der Waals surface area contributed by atoms with Crippen molar-refractivity contribution in [2.24, 2.45) is 10.5 Å². The average molecular weight is 598 g/mol. The summed E-state index contributed by atoms with van der Waals surface area (Å²) in [6, 6.07) is 6.38. The van der Waals surface area contributed by atoms with Gasteiger partial charge in [0.2, 0.25) is 0 Å². The van der Waals surface area contributed by atoms with E-state index in [1.54, 1.807) is 0 Å². The molecule has 15 heteroatoms. The fraction of sp³-hybridized carbons (Fsp3) is 0.375. The molecule has 1 N–H and O–H groups in total. The highest BCUT2D eigenvalue weighted by Crippen LogP contribution is 2.41. The quantitative estimate of drug-likeness (QED) is 0.205. The van der Waals surface area contributed by atoms with Crippen molar-refractivity contribution >= 4 is 46.8 Å². The molecule has 212 valence electrons. The van der Waals surface area contributed by atoms with Crippen molar-refractivity contribution in [1.29, 1.82) is 0 Å². The number of carbonyl (C=O) groups excluding carboxylic acids is 2. The van der Waals surface area contributed by atoms with E-state index in [0.29, 0.717) is 12.2 Å². The monoisotopic (exact) mass is 597 g/mol. The number of urea groups is 1. The van der Waals surface area contributed by atoms with E-state index in [-0.39, 0.29) is 29.9 Å². The molecule has 7 nitrogen and oxygen atoms in total. The molecule has 2 amide bonds. The van der Waals surface area contributed by atoms with Gasteiger partial charge in [0.15, 0.2) is 0 Å². The summed E-state index contributed by atoms with van der Waals surface area (Å²) >= 11 is 7.43. The summed E-state index contributed by atoms with van der Waals surface area (Å²) in [7, 11) is 1.14. The van der Waals surface area contributed by atoms with Gasteiger partial charge in [0.05, 0.1) is 30.0 Å². The van der Waals surface area contributed by atoms with Gasteiger partial charge in [0.25, 0.3) is 0 Å². The topological polar surface area (TPSA) is 80.2 Å². The van der Waals surface area contributed by atoms with E-state index < -0.39 is 46.3 Å². The molecule has 0 aliphatic carbocycles. The molecule has 1 unspecified atom stereocenters. The molecular weight excluding hydrogens is 576 g/mol. The zero-order chi connectivity index (χ0) is 29.0. The van der Waals surface area contributed by atoms with E-state index in [2.05, 4.69) is 15.2 Å². The van der Waals surface area contributed by atoms with Crippen molar-refractivity contribution in [2.45, 2.75) is 25.4 Å². The minimum absolute atomic E-state index is 0.00449. The number of nitrogens with zero attached hydrogens (tertiary/aromatic N) is 2. The molecule has 3 rings (SSSR count). The molecule has 0 fully saturated rings. The van der Waals surface area contributed by atoms with E-state index in [0.717, 1.165) is 42.5 Å². The largest absolute Gasteiger partial charge is 0.573 e. The molecule has 0 saturated heterocycles. The van der Waals surface area contributed by atoms with Crippen LogP contribution in [0.1, 0.15) is 24.0 Å². The van der Waals surface area contributed by atoms with Crippen LogP contribution in [0.5, 0.6) is 5.75 Å².